The van der Waals surface area contributed by atoms with Crippen LogP contribution in [-0.4, -0.2) is 27.4 Å². The molecule has 0 spiro atoms. The number of carbonyl (C=O) groups excluding carboxylic acids is 1. The first-order valence-electron chi connectivity index (χ1n) is 5.78. The molecule has 0 fully saturated rings. The van der Waals surface area contributed by atoms with Gasteiger partial charge in [-0.3, -0.25) is 9.48 Å². The highest BCUT2D eigenvalue weighted by molar-refractivity contribution is 6.31. The molecule has 1 heterocycles. The van der Waals surface area contributed by atoms with Crippen molar-refractivity contribution in [3.63, 3.8) is 0 Å². The summed E-state index contributed by atoms with van der Waals surface area (Å²) in [4.78, 5) is 11.8. The second-order valence-corrected chi connectivity index (χ2v) is 5.69. The molecule has 0 aliphatic heterocycles. The molecule has 102 valence electrons. The monoisotopic (exact) mass is 273 g/mol. The van der Waals surface area contributed by atoms with Crippen molar-refractivity contribution in [2.45, 2.75) is 45.8 Å². The Morgan fingerprint density at radius 1 is 1.56 bits per heavy atom. The van der Waals surface area contributed by atoms with Crippen LogP contribution in [0.15, 0.2) is 0 Å². The molecule has 5 nitrogen and oxygen atoms in total. The molecule has 1 aromatic rings. The predicted molar refractivity (Wildman–Crippen MR) is 70.5 cm³/mol. The van der Waals surface area contributed by atoms with Gasteiger partial charge in [-0.2, -0.15) is 5.10 Å². The van der Waals surface area contributed by atoms with Gasteiger partial charge < -0.3 is 10.5 Å². The Hall–Kier alpha value is -1.07. The minimum atomic E-state index is -0.739. The minimum absolute atomic E-state index is 0.311. The minimum Gasteiger partial charge on any atom is -0.459 e. The van der Waals surface area contributed by atoms with E-state index in [1.165, 1.54) is 0 Å². The third-order valence-electron chi connectivity index (χ3n) is 2.38. The molecule has 1 rings (SSSR count). The van der Waals surface area contributed by atoms with Crippen LogP contribution in [0, 0.1) is 6.92 Å². The van der Waals surface area contributed by atoms with Crippen molar-refractivity contribution in [3.05, 3.63) is 16.4 Å². The Balaban J connectivity index is 2.76. The van der Waals surface area contributed by atoms with Gasteiger partial charge in [-0.1, -0.05) is 11.6 Å². The number of hydrogen-bond donors (Lipinski definition) is 1. The highest BCUT2D eigenvalue weighted by Crippen LogP contribution is 2.21. The molecule has 0 aliphatic carbocycles. The molecule has 0 amide bonds. The average Bonchev–Trinajstić information content (AvgIpc) is 2.42. The Morgan fingerprint density at radius 3 is 2.50 bits per heavy atom. The summed E-state index contributed by atoms with van der Waals surface area (Å²) in [5.41, 5.74) is 6.76. The fourth-order valence-corrected chi connectivity index (χ4v) is 1.81. The van der Waals surface area contributed by atoms with Crippen molar-refractivity contribution in [2.24, 2.45) is 12.8 Å². The van der Waals surface area contributed by atoms with E-state index in [-0.39, 0.29) is 0 Å². The van der Waals surface area contributed by atoms with Gasteiger partial charge in [0, 0.05) is 13.5 Å². The molecule has 1 atom stereocenters. The lowest BCUT2D eigenvalue weighted by Gasteiger charge is -2.22. The first-order valence-corrected chi connectivity index (χ1v) is 6.16. The summed E-state index contributed by atoms with van der Waals surface area (Å²) in [6.07, 6.45) is 0.311. The van der Waals surface area contributed by atoms with E-state index in [0.29, 0.717) is 11.4 Å². The number of nitrogens with zero attached hydrogens (tertiary/aromatic N) is 2. The third-order valence-corrected chi connectivity index (χ3v) is 2.88. The maximum atomic E-state index is 11.8. The van der Waals surface area contributed by atoms with Crippen molar-refractivity contribution in [3.8, 4) is 0 Å². The zero-order valence-corrected chi connectivity index (χ0v) is 12.2. The van der Waals surface area contributed by atoms with Gasteiger partial charge in [-0.05, 0) is 27.7 Å². The molecule has 18 heavy (non-hydrogen) atoms. The zero-order chi connectivity index (χ0) is 14.1. The first-order chi connectivity index (χ1) is 8.11. The van der Waals surface area contributed by atoms with Gasteiger partial charge in [-0.15, -0.1) is 0 Å². The van der Waals surface area contributed by atoms with Crippen molar-refractivity contribution >= 4 is 17.6 Å². The van der Waals surface area contributed by atoms with E-state index < -0.39 is 17.6 Å². The van der Waals surface area contributed by atoms with E-state index in [1.807, 2.05) is 6.92 Å². The van der Waals surface area contributed by atoms with Crippen molar-refractivity contribution in [1.82, 2.24) is 9.78 Å². The fraction of sp³-hybridized carbons (Fsp3) is 0.667. The molecule has 0 bridgehead atoms. The molecular formula is C12H20ClN3O2. The summed E-state index contributed by atoms with van der Waals surface area (Å²) in [6, 6.07) is -0.739. The van der Waals surface area contributed by atoms with Gasteiger partial charge in [0.1, 0.15) is 11.6 Å². The molecule has 1 aromatic heterocycles. The van der Waals surface area contributed by atoms with Crippen molar-refractivity contribution in [1.29, 1.82) is 0 Å². The van der Waals surface area contributed by atoms with Crippen molar-refractivity contribution in [2.75, 3.05) is 0 Å². The Kier molecular flexibility index (Phi) is 4.40. The number of carbonyl (C=O) groups is 1. The molecule has 0 aromatic carbocycles. The maximum Gasteiger partial charge on any atom is 0.323 e. The van der Waals surface area contributed by atoms with Gasteiger partial charge in [0.2, 0.25) is 0 Å². The highest BCUT2D eigenvalue weighted by Gasteiger charge is 2.24. The van der Waals surface area contributed by atoms with E-state index in [1.54, 1.807) is 32.5 Å². The van der Waals surface area contributed by atoms with E-state index in [2.05, 4.69) is 5.10 Å². The summed E-state index contributed by atoms with van der Waals surface area (Å²) in [7, 11) is 1.77. The lowest BCUT2D eigenvalue weighted by Crippen LogP contribution is -2.39. The second kappa shape index (κ2) is 5.28. The third kappa shape index (κ3) is 3.71. The molecule has 0 saturated carbocycles. The number of aryl methyl sites for hydroxylation is 2. The normalized spacial score (nSPS) is 13.5. The van der Waals surface area contributed by atoms with Gasteiger partial charge in [0.05, 0.1) is 16.4 Å². The van der Waals surface area contributed by atoms with E-state index in [0.717, 1.165) is 11.4 Å². The Morgan fingerprint density at radius 2 is 2.11 bits per heavy atom. The lowest BCUT2D eigenvalue weighted by atomic mass is 10.1. The number of hydrogen-bond acceptors (Lipinski definition) is 4. The highest BCUT2D eigenvalue weighted by atomic mass is 35.5. The summed E-state index contributed by atoms with van der Waals surface area (Å²) in [5, 5.41) is 4.73. The molecule has 6 heteroatoms. The lowest BCUT2D eigenvalue weighted by molar-refractivity contribution is -0.156. The SMILES string of the molecule is Cc1nn(C)c(CC(N)C(=O)OC(C)(C)C)c1Cl. The van der Waals surface area contributed by atoms with Crippen LogP contribution in [0.1, 0.15) is 32.2 Å². The van der Waals surface area contributed by atoms with Gasteiger partial charge in [0.15, 0.2) is 0 Å². The van der Waals surface area contributed by atoms with Crippen LogP contribution < -0.4 is 5.73 Å². The summed E-state index contributed by atoms with van der Waals surface area (Å²) < 4.78 is 6.86. The number of rotatable bonds is 3. The molecule has 0 saturated heterocycles. The van der Waals surface area contributed by atoms with Crippen LogP contribution in [-0.2, 0) is 23.0 Å². The molecule has 2 N–H and O–H groups in total. The molecule has 1 unspecified atom stereocenters. The summed E-state index contributed by atoms with van der Waals surface area (Å²) in [6.45, 7) is 7.22. The number of esters is 1. The Labute approximate surface area is 112 Å². The van der Waals surface area contributed by atoms with Crippen molar-refractivity contribution < 1.29 is 9.53 Å². The van der Waals surface area contributed by atoms with E-state index in [4.69, 9.17) is 22.1 Å². The smallest absolute Gasteiger partial charge is 0.323 e. The summed E-state index contributed by atoms with van der Waals surface area (Å²) >= 11 is 6.10. The fourth-order valence-electron chi connectivity index (χ4n) is 1.57. The number of ether oxygens (including phenoxy) is 1. The number of aromatic nitrogens is 2. The average molecular weight is 274 g/mol. The Bertz CT molecular complexity index is 449. The number of halogens is 1. The second-order valence-electron chi connectivity index (χ2n) is 5.31. The zero-order valence-electron chi connectivity index (χ0n) is 11.5. The maximum absolute atomic E-state index is 11.8. The van der Waals surface area contributed by atoms with Gasteiger partial charge >= 0.3 is 5.97 Å². The van der Waals surface area contributed by atoms with Gasteiger partial charge in [0.25, 0.3) is 0 Å². The van der Waals surface area contributed by atoms with Crippen LogP contribution in [0.4, 0.5) is 0 Å². The summed E-state index contributed by atoms with van der Waals surface area (Å²) in [5.74, 6) is -0.433. The van der Waals surface area contributed by atoms with Crippen LogP contribution >= 0.6 is 11.6 Å². The van der Waals surface area contributed by atoms with Crippen LogP contribution in [0.25, 0.3) is 0 Å². The molecular weight excluding hydrogens is 254 g/mol. The number of nitrogens with two attached hydrogens (primary N) is 1. The largest absolute Gasteiger partial charge is 0.459 e. The van der Waals surface area contributed by atoms with Crippen LogP contribution in [0.3, 0.4) is 0 Å². The molecule has 0 aliphatic rings. The topological polar surface area (TPSA) is 70.1 Å². The van der Waals surface area contributed by atoms with E-state index >= 15 is 0 Å². The molecule has 0 radical (unpaired) electrons. The van der Waals surface area contributed by atoms with E-state index in [9.17, 15) is 4.79 Å². The standard InChI is InChI=1S/C12H20ClN3O2/c1-7-10(13)9(16(5)15-7)6-8(14)11(17)18-12(2,3)4/h8H,6,14H2,1-5H3. The first kappa shape index (κ1) is 15.0. The predicted octanol–water partition coefficient (Wildman–Crippen LogP) is 1.59. The van der Waals surface area contributed by atoms with Crippen LogP contribution in [0.5, 0.6) is 0 Å². The van der Waals surface area contributed by atoms with Crippen LogP contribution in [0.2, 0.25) is 5.02 Å². The van der Waals surface area contributed by atoms with Gasteiger partial charge in [-0.25, -0.2) is 0 Å². The quantitative estimate of drug-likeness (QED) is 0.849.